The molecule has 1 saturated heterocycles. The normalized spacial score (nSPS) is 40.5. The summed E-state index contributed by atoms with van der Waals surface area (Å²) >= 11 is 0. The van der Waals surface area contributed by atoms with E-state index in [1.165, 1.54) is 6.92 Å². The summed E-state index contributed by atoms with van der Waals surface area (Å²) in [6.07, 6.45) is 2.67. The van der Waals surface area contributed by atoms with Crippen LogP contribution in [0.15, 0.2) is 12.2 Å². The van der Waals surface area contributed by atoms with E-state index in [0.29, 0.717) is 6.61 Å². The molecule has 3 atom stereocenters. The zero-order chi connectivity index (χ0) is 12.0. The van der Waals surface area contributed by atoms with Gasteiger partial charge in [-0.2, -0.15) is 0 Å². The van der Waals surface area contributed by atoms with Gasteiger partial charge in [-0.1, -0.05) is 6.08 Å². The van der Waals surface area contributed by atoms with E-state index >= 15 is 0 Å². The van der Waals surface area contributed by atoms with Crippen molar-refractivity contribution in [3.63, 3.8) is 0 Å². The monoisotopic (exact) mass is 227 g/mol. The molecule has 1 fully saturated rings. The Morgan fingerprint density at radius 2 is 2.25 bits per heavy atom. The molecule has 5 heteroatoms. The molecule has 0 aromatic carbocycles. The van der Waals surface area contributed by atoms with Gasteiger partial charge < -0.3 is 19.9 Å². The largest absolute Gasteiger partial charge is 0.387 e. The molecule has 90 valence electrons. The van der Waals surface area contributed by atoms with Crippen LogP contribution in [0.2, 0.25) is 0 Å². The van der Waals surface area contributed by atoms with Gasteiger partial charge in [0.2, 0.25) is 5.91 Å². The Morgan fingerprint density at radius 1 is 1.56 bits per heavy atom. The Labute approximate surface area is 94.4 Å². The molecule has 1 aliphatic heterocycles. The second-order valence-electron chi connectivity index (χ2n) is 4.77. The third kappa shape index (κ3) is 1.86. The van der Waals surface area contributed by atoms with Crippen molar-refractivity contribution in [2.24, 2.45) is 0 Å². The predicted molar refractivity (Wildman–Crippen MR) is 56.6 cm³/mol. The Balaban J connectivity index is 2.20. The van der Waals surface area contributed by atoms with E-state index < -0.39 is 23.5 Å². The molecule has 0 aromatic heterocycles. The van der Waals surface area contributed by atoms with E-state index in [0.717, 1.165) is 0 Å². The number of rotatable bonds is 1. The van der Waals surface area contributed by atoms with Crippen LogP contribution in [0.5, 0.6) is 0 Å². The van der Waals surface area contributed by atoms with E-state index in [1.807, 2.05) is 13.8 Å². The smallest absolute Gasteiger partial charge is 0.217 e. The number of carbonyl (C=O) groups excluding carboxylic acids is 1. The van der Waals surface area contributed by atoms with Crippen molar-refractivity contribution in [1.82, 2.24) is 5.32 Å². The molecule has 0 saturated carbocycles. The lowest BCUT2D eigenvalue weighted by molar-refractivity contribution is -0.159. The molecule has 2 N–H and O–H groups in total. The van der Waals surface area contributed by atoms with Crippen LogP contribution >= 0.6 is 0 Å². The lowest BCUT2D eigenvalue weighted by atomic mass is 9.97. The molecule has 2 aliphatic rings. The van der Waals surface area contributed by atoms with Crippen molar-refractivity contribution in [3.05, 3.63) is 12.2 Å². The van der Waals surface area contributed by atoms with E-state index in [1.54, 1.807) is 12.2 Å². The average molecular weight is 227 g/mol. The fraction of sp³-hybridized carbons (Fsp3) is 0.727. The van der Waals surface area contributed by atoms with Gasteiger partial charge in [0.05, 0.1) is 18.8 Å². The van der Waals surface area contributed by atoms with Crippen molar-refractivity contribution in [2.75, 3.05) is 6.61 Å². The molecule has 0 unspecified atom stereocenters. The molecule has 1 heterocycles. The second kappa shape index (κ2) is 3.55. The Hall–Kier alpha value is -0.910. The number of nitrogens with one attached hydrogen (secondary N) is 1. The standard InChI is InChI=1S/C11H17NO4/c1-7(13)12-9-8(14)4-5-11(9)6-15-10(2,3)16-11/h4-5,8-9,14H,6H2,1-3H3,(H,12,13)/t8-,9-,11+/m1/s1. The minimum atomic E-state index is -0.741. The quantitative estimate of drug-likeness (QED) is 0.616. The number of hydrogen-bond donors (Lipinski definition) is 2. The second-order valence-corrected chi connectivity index (χ2v) is 4.77. The van der Waals surface area contributed by atoms with Crippen molar-refractivity contribution < 1.29 is 19.4 Å². The van der Waals surface area contributed by atoms with Gasteiger partial charge in [0.15, 0.2) is 5.79 Å². The highest BCUT2D eigenvalue weighted by Crippen LogP contribution is 2.38. The molecular formula is C11H17NO4. The molecule has 0 aromatic rings. The summed E-state index contributed by atoms with van der Waals surface area (Å²) in [4.78, 5) is 11.1. The van der Waals surface area contributed by atoms with Gasteiger partial charge in [-0.3, -0.25) is 4.79 Å². The Morgan fingerprint density at radius 3 is 2.75 bits per heavy atom. The van der Waals surface area contributed by atoms with E-state index in [2.05, 4.69) is 5.32 Å². The summed E-state index contributed by atoms with van der Waals surface area (Å²) < 4.78 is 11.3. The topological polar surface area (TPSA) is 67.8 Å². The number of hydrogen-bond acceptors (Lipinski definition) is 4. The fourth-order valence-electron chi connectivity index (χ4n) is 2.23. The van der Waals surface area contributed by atoms with Crippen LogP contribution in [0.25, 0.3) is 0 Å². The maximum absolute atomic E-state index is 11.1. The van der Waals surface area contributed by atoms with Crippen molar-refractivity contribution in [3.8, 4) is 0 Å². The molecule has 1 amide bonds. The van der Waals surface area contributed by atoms with E-state index in [4.69, 9.17) is 9.47 Å². The first kappa shape index (κ1) is 11.6. The Kier molecular flexibility index (Phi) is 2.57. The van der Waals surface area contributed by atoms with Crippen LogP contribution in [0.4, 0.5) is 0 Å². The molecule has 2 rings (SSSR count). The zero-order valence-electron chi connectivity index (χ0n) is 9.69. The molecule has 0 radical (unpaired) electrons. The Bertz CT molecular complexity index is 339. The molecule has 5 nitrogen and oxygen atoms in total. The molecule has 16 heavy (non-hydrogen) atoms. The molecule has 0 bridgehead atoms. The van der Waals surface area contributed by atoms with Gasteiger partial charge in [-0.15, -0.1) is 0 Å². The summed E-state index contributed by atoms with van der Waals surface area (Å²) in [6, 6.07) is -0.480. The summed E-state index contributed by atoms with van der Waals surface area (Å²) in [5, 5.41) is 12.5. The maximum Gasteiger partial charge on any atom is 0.217 e. The summed E-state index contributed by atoms with van der Waals surface area (Å²) in [5.41, 5.74) is -0.741. The van der Waals surface area contributed by atoms with Gasteiger partial charge >= 0.3 is 0 Å². The minimum absolute atomic E-state index is 0.194. The summed E-state index contributed by atoms with van der Waals surface area (Å²) in [5.74, 6) is -0.883. The average Bonchev–Trinajstić information content (AvgIpc) is 2.61. The first-order valence-electron chi connectivity index (χ1n) is 5.33. The van der Waals surface area contributed by atoms with Crippen LogP contribution in [0.3, 0.4) is 0 Å². The number of ether oxygens (including phenoxy) is 2. The fourth-order valence-corrected chi connectivity index (χ4v) is 2.23. The van der Waals surface area contributed by atoms with Gasteiger partial charge in [-0.25, -0.2) is 0 Å². The molecule has 1 aliphatic carbocycles. The van der Waals surface area contributed by atoms with Crippen LogP contribution in [0.1, 0.15) is 20.8 Å². The van der Waals surface area contributed by atoms with Crippen molar-refractivity contribution in [2.45, 2.75) is 44.3 Å². The summed E-state index contributed by atoms with van der Waals surface area (Å²) in [7, 11) is 0. The SMILES string of the molecule is CC(=O)N[C@@H]1[C@H](O)C=C[C@]12COC(C)(C)O2. The van der Waals surface area contributed by atoms with Gasteiger partial charge in [0.1, 0.15) is 5.60 Å². The molecule has 1 spiro atoms. The number of amides is 1. The first-order valence-corrected chi connectivity index (χ1v) is 5.33. The highest BCUT2D eigenvalue weighted by molar-refractivity contribution is 5.73. The van der Waals surface area contributed by atoms with Crippen LogP contribution in [-0.2, 0) is 14.3 Å². The van der Waals surface area contributed by atoms with Gasteiger partial charge in [0, 0.05) is 6.92 Å². The van der Waals surface area contributed by atoms with Crippen molar-refractivity contribution in [1.29, 1.82) is 0 Å². The zero-order valence-corrected chi connectivity index (χ0v) is 9.69. The summed E-state index contributed by atoms with van der Waals surface area (Å²) in [6.45, 7) is 5.37. The minimum Gasteiger partial charge on any atom is -0.387 e. The van der Waals surface area contributed by atoms with Crippen molar-refractivity contribution >= 4 is 5.91 Å². The number of aliphatic hydroxyl groups excluding tert-OH is 1. The third-order valence-corrected chi connectivity index (χ3v) is 2.88. The van der Waals surface area contributed by atoms with Crippen LogP contribution < -0.4 is 5.32 Å². The van der Waals surface area contributed by atoms with Crippen LogP contribution in [0, 0.1) is 0 Å². The lowest BCUT2D eigenvalue weighted by Crippen LogP contribution is -2.55. The number of aliphatic hydroxyl groups is 1. The van der Waals surface area contributed by atoms with Gasteiger partial charge in [0.25, 0.3) is 0 Å². The maximum atomic E-state index is 11.1. The predicted octanol–water partition coefficient (Wildman–Crippen LogP) is -0.0565. The highest BCUT2D eigenvalue weighted by atomic mass is 16.8. The highest BCUT2D eigenvalue weighted by Gasteiger charge is 2.54. The van der Waals surface area contributed by atoms with E-state index in [-0.39, 0.29) is 5.91 Å². The number of carbonyl (C=O) groups is 1. The van der Waals surface area contributed by atoms with Gasteiger partial charge in [-0.05, 0) is 19.9 Å². The third-order valence-electron chi connectivity index (χ3n) is 2.88. The van der Waals surface area contributed by atoms with Crippen LogP contribution in [-0.4, -0.2) is 41.2 Å². The first-order chi connectivity index (χ1) is 7.35. The molecular weight excluding hydrogens is 210 g/mol. The van der Waals surface area contributed by atoms with E-state index in [9.17, 15) is 9.90 Å². The lowest BCUT2D eigenvalue weighted by Gasteiger charge is -2.32.